The Bertz CT molecular complexity index is 633. The summed E-state index contributed by atoms with van der Waals surface area (Å²) in [5.41, 5.74) is 3.41. The van der Waals surface area contributed by atoms with Crippen molar-refractivity contribution in [2.45, 2.75) is 26.4 Å². The van der Waals surface area contributed by atoms with E-state index in [1.54, 1.807) is 31.2 Å². The third-order valence-electron chi connectivity index (χ3n) is 3.49. The van der Waals surface area contributed by atoms with E-state index in [0.717, 1.165) is 22.3 Å². The lowest BCUT2D eigenvalue weighted by molar-refractivity contribution is 0.101. The first-order valence-corrected chi connectivity index (χ1v) is 6.26. The van der Waals surface area contributed by atoms with Crippen LogP contribution in [0, 0.1) is 25.2 Å². The minimum absolute atomic E-state index is 0.598. The Morgan fingerprint density at radius 3 is 2.26 bits per heavy atom. The Labute approximate surface area is 114 Å². The maximum atomic E-state index is 10.8. The molecule has 2 aromatic rings. The van der Waals surface area contributed by atoms with Crippen molar-refractivity contribution in [2.75, 3.05) is 0 Å². The van der Waals surface area contributed by atoms with Crippen LogP contribution in [0.5, 0.6) is 0 Å². The zero-order valence-electron chi connectivity index (χ0n) is 11.4. The molecule has 1 atom stereocenters. The average Bonchev–Trinajstić information content (AvgIpc) is 2.41. The van der Waals surface area contributed by atoms with E-state index in [-0.39, 0.29) is 0 Å². The van der Waals surface area contributed by atoms with E-state index in [1.807, 2.05) is 32.0 Å². The van der Waals surface area contributed by atoms with Crippen LogP contribution in [0.1, 0.15) is 34.7 Å². The van der Waals surface area contributed by atoms with Gasteiger partial charge in [-0.05, 0) is 49.6 Å². The van der Waals surface area contributed by atoms with Crippen LogP contribution in [0.3, 0.4) is 0 Å². The second kappa shape index (κ2) is 4.87. The van der Waals surface area contributed by atoms with E-state index < -0.39 is 5.60 Å². The summed E-state index contributed by atoms with van der Waals surface area (Å²) in [6.45, 7) is 5.79. The number of nitriles is 1. The lowest BCUT2D eigenvalue weighted by Crippen LogP contribution is -2.24. The predicted molar refractivity (Wildman–Crippen MR) is 75.7 cm³/mol. The van der Waals surface area contributed by atoms with Crippen molar-refractivity contribution in [3.05, 3.63) is 70.3 Å². The van der Waals surface area contributed by atoms with Crippen molar-refractivity contribution in [2.24, 2.45) is 0 Å². The summed E-state index contributed by atoms with van der Waals surface area (Å²) in [6, 6.07) is 15.2. The number of nitrogens with zero attached hydrogens (tertiary/aromatic N) is 1. The molecule has 0 radical (unpaired) electrons. The number of hydrogen-bond acceptors (Lipinski definition) is 2. The van der Waals surface area contributed by atoms with Gasteiger partial charge in [-0.1, -0.05) is 35.9 Å². The molecule has 0 saturated heterocycles. The van der Waals surface area contributed by atoms with Gasteiger partial charge in [0.2, 0.25) is 0 Å². The minimum atomic E-state index is -1.05. The normalized spacial score (nSPS) is 13.6. The average molecular weight is 251 g/mol. The number of aliphatic hydroxyl groups is 1. The van der Waals surface area contributed by atoms with E-state index in [0.29, 0.717) is 5.56 Å². The molecule has 2 rings (SSSR count). The van der Waals surface area contributed by atoms with Gasteiger partial charge in [0.15, 0.2) is 0 Å². The Morgan fingerprint density at radius 2 is 1.68 bits per heavy atom. The molecule has 0 aliphatic carbocycles. The van der Waals surface area contributed by atoms with Crippen LogP contribution in [0.4, 0.5) is 0 Å². The molecular weight excluding hydrogens is 234 g/mol. The molecule has 1 N–H and O–H groups in total. The minimum Gasteiger partial charge on any atom is -0.381 e. The largest absolute Gasteiger partial charge is 0.381 e. The van der Waals surface area contributed by atoms with E-state index in [1.165, 1.54) is 0 Å². The smallest absolute Gasteiger partial charge is 0.112 e. The van der Waals surface area contributed by atoms with Crippen LogP contribution < -0.4 is 0 Å². The standard InChI is InChI=1S/C17H17NO/c1-12-4-5-13(2)16(10-12)17(3,19)15-8-6-14(11-18)7-9-15/h4-10,19H,1-3H3. The van der Waals surface area contributed by atoms with Gasteiger partial charge >= 0.3 is 0 Å². The van der Waals surface area contributed by atoms with Crippen molar-refractivity contribution < 1.29 is 5.11 Å². The molecule has 0 spiro atoms. The third-order valence-corrected chi connectivity index (χ3v) is 3.49. The number of benzene rings is 2. The lowest BCUT2D eigenvalue weighted by atomic mass is 9.84. The maximum Gasteiger partial charge on any atom is 0.112 e. The Balaban J connectivity index is 2.51. The third kappa shape index (κ3) is 2.52. The summed E-state index contributed by atoms with van der Waals surface area (Å²) in [6.07, 6.45) is 0. The Hall–Kier alpha value is -2.11. The van der Waals surface area contributed by atoms with Crippen molar-refractivity contribution in [3.8, 4) is 6.07 Å². The fraction of sp³-hybridized carbons (Fsp3) is 0.235. The van der Waals surface area contributed by atoms with Crippen LogP contribution >= 0.6 is 0 Å². The molecule has 1 unspecified atom stereocenters. The summed E-state index contributed by atoms with van der Waals surface area (Å²) in [7, 11) is 0. The maximum absolute atomic E-state index is 10.8. The zero-order valence-corrected chi connectivity index (χ0v) is 11.4. The molecule has 0 aliphatic heterocycles. The van der Waals surface area contributed by atoms with Gasteiger partial charge < -0.3 is 5.11 Å². The Morgan fingerprint density at radius 1 is 1.05 bits per heavy atom. The summed E-state index contributed by atoms with van der Waals surface area (Å²) in [5.74, 6) is 0. The van der Waals surface area contributed by atoms with E-state index in [9.17, 15) is 5.11 Å². The van der Waals surface area contributed by atoms with E-state index in [2.05, 4.69) is 6.07 Å². The van der Waals surface area contributed by atoms with Gasteiger partial charge in [-0.15, -0.1) is 0 Å². The molecule has 0 heterocycles. The van der Waals surface area contributed by atoms with Gasteiger partial charge in [0.1, 0.15) is 5.60 Å². The number of rotatable bonds is 2. The van der Waals surface area contributed by atoms with Gasteiger partial charge in [-0.2, -0.15) is 5.26 Å². The van der Waals surface area contributed by atoms with Crippen molar-refractivity contribution in [1.82, 2.24) is 0 Å². The van der Waals surface area contributed by atoms with Gasteiger partial charge in [-0.25, -0.2) is 0 Å². The molecule has 0 bridgehead atoms. The van der Waals surface area contributed by atoms with Crippen molar-refractivity contribution in [3.63, 3.8) is 0 Å². The van der Waals surface area contributed by atoms with Crippen LogP contribution in [0.15, 0.2) is 42.5 Å². The lowest BCUT2D eigenvalue weighted by Gasteiger charge is -2.26. The van der Waals surface area contributed by atoms with Crippen LogP contribution in [-0.4, -0.2) is 5.11 Å². The monoisotopic (exact) mass is 251 g/mol. The van der Waals surface area contributed by atoms with Crippen molar-refractivity contribution >= 4 is 0 Å². The van der Waals surface area contributed by atoms with Gasteiger partial charge in [0, 0.05) is 0 Å². The first-order chi connectivity index (χ1) is 8.95. The van der Waals surface area contributed by atoms with Gasteiger partial charge in [0.25, 0.3) is 0 Å². The van der Waals surface area contributed by atoms with Crippen LogP contribution in [0.25, 0.3) is 0 Å². The van der Waals surface area contributed by atoms with Gasteiger partial charge in [-0.3, -0.25) is 0 Å². The second-order valence-electron chi connectivity index (χ2n) is 5.08. The highest BCUT2D eigenvalue weighted by Gasteiger charge is 2.27. The molecule has 2 nitrogen and oxygen atoms in total. The molecule has 0 fully saturated rings. The molecule has 0 aromatic heterocycles. The fourth-order valence-electron chi connectivity index (χ4n) is 2.29. The summed E-state index contributed by atoms with van der Waals surface area (Å²) >= 11 is 0. The second-order valence-corrected chi connectivity index (χ2v) is 5.08. The molecule has 19 heavy (non-hydrogen) atoms. The molecule has 0 saturated carbocycles. The van der Waals surface area contributed by atoms with Crippen LogP contribution in [0.2, 0.25) is 0 Å². The van der Waals surface area contributed by atoms with Crippen LogP contribution in [-0.2, 0) is 5.60 Å². The highest BCUT2D eigenvalue weighted by atomic mass is 16.3. The predicted octanol–water partition coefficient (Wildman–Crippen LogP) is 3.43. The topological polar surface area (TPSA) is 44.0 Å². The fourth-order valence-corrected chi connectivity index (χ4v) is 2.29. The highest BCUT2D eigenvalue weighted by Crippen LogP contribution is 2.32. The summed E-state index contributed by atoms with van der Waals surface area (Å²) in [5, 5.41) is 19.7. The highest BCUT2D eigenvalue weighted by molar-refractivity contribution is 5.43. The molecule has 2 heteroatoms. The number of hydrogen-bond donors (Lipinski definition) is 1. The van der Waals surface area contributed by atoms with Gasteiger partial charge in [0.05, 0.1) is 11.6 Å². The molecule has 0 aliphatic rings. The molecule has 2 aromatic carbocycles. The SMILES string of the molecule is Cc1ccc(C)c(C(C)(O)c2ccc(C#N)cc2)c1. The van der Waals surface area contributed by atoms with Crippen molar-refractivity contribution in [1.29, 1.82) is 5.26 Å². The van der Waals surface area contributed by atoms with E-state index >= 15 is 0 Å². The summed E-state index contributed by atoms with van der Waals surface area (Å²) < 4.78 is 0. The zero-order chi connectivity index (χ0) is 14.0. The van der Waals surface area contributed by atoms with E-state index in [4.69, 9.17) is 5.26 Å². The molecule has 96 valence electrons. The molecular formula is C17H17NO. The summed E-state index contributed by atoms with van der Waals surface area (Å²) in [4.78, 5) is 0. The first kappa shape index (κ1) is 13.3. The Kier molecular flexibility index (Phi) is 3.42. The molecule has 0 amide bonds. The first-order valence-electron chi connectivity index (χ1n) is 6.26. The number of aryl methyl sites for hydroxylation is 2. The quantitative estimate of drug-likeness (QED) is 0.888.